The van der Waals surface area contributed by atoms with Crippen molar-refractivity contribution in [1.82, 2.24) is 14.7 Å². The molecule has 9 nitrogen and oxygen atoms in total. The van der Waals surface area contributed by atoms with Crippen molar-refractivity contribution in [1.29, 1.82) is 0 Å². The van der Waals surface area contributed by atoms with Gasteiger partial charge in [0.25, 0.3) is 0 Å². The van der Waals surface area contributed by atoms with Gasteiger partial charge in [-0.2, -0.15) is 13.5 Å². The number of hydrogen-bond donors (Lipinski definition) is 1. The molecule has 2 aliphatic carbocycles. The number of rotatable bonds is 6. The molecule has 1 unspecified atom stereocenters. The van der Waals surface area contributed by atoms with Crippen molar-refractivity contribution in [2.45, 2.75) is 57.4 Å². The number of likely N-dealkylation sites (tertiary alicyclic amines) is 1. The molecule has 1 N–H and O–H groups in total. The number of likely N-dealkylation sites (N-methyl/N-ethyl adjacent to an activating group) is 1. The second-order valence-corrected chi connectivity index (χ2v) is 10.9. The highest BCUT2D eigenvalue weighted by atomic mass is 32.2. The molecule has 0 spiro atoms. The number of nitrogens with zero attached hydrogens (tertiary/aromatic N) is 5. The third-order valence-electron chi connectivity index (χ3n) is 7.21. The highest BCUT2D eigenvalue weighted by Gasteiger charge is 2.31. The maximum atomic E-state index is 13.3. The van der Waals surface area contributed by atoms with Gasteiger partial charge >= 0.3 is 10.2 Å². The van der Waals surface area contributed by atoms with Gasteiger partial charge in [0.2, 0.25) is 0 Å². The van der Waals surface area contributed by atoms with Gasteiger partial charge in [-0.1, -0.05) is 6.07 Å². The minimum absolute atomic E-state index is 0.0684. The summed E-state index contributed by atoms with van der Waals surface area (Å²) in [6.45, 7) is 1.16. The van der Waals surface area contributed by atoms with Crippen LogP contribution in [0.4, 0.5) is 11.4 Å². The van der Waals surface area contributed by atoms with E-state index >= 15 is 0 Å². The average molecular weight is 472 g/mol. The first-order valence-electron chi connectivity index (χ1n) is 11.7. The topological polar surface area (TPSA) is 106 Å². The van der Waals surface area contributed by atoms with Crippen LogP contribution in [0.2, 0.25) is 0 Å². The lowest BCUT2D eigenvalue weighted by atomic mass is 9.99. The summed E-state index contributed by atoms with van der Waals surface area (Å²) < 4.78 is 33.2. The summed E-state index contributed by atoms with van der Waals surface area (Å²) >= 11 is 0. The molecule has 0 bridgehead atoms. The Balaban J connectivity index is 1.45. The van der Waals surface area contributed by atoms with Crippen molar-refractivity contribution < 1.29 is 13.5 Å². The molecule has 1 atom stereocenters. The Labute approximate surface area is 195 Å². The molecule has 33 heavy (non-hydrogen) atoms. The minimum Gasteiger partial charge on any atom is -0.845 e. The summed E-state index contributed by atoms with van der Waals surface area (Å²) in [6, 6.07) is 1.51. The predicted molar refractivity (Wildman–Crippen MR) is 127 cm³/mol. The van der Waals surface area contributed by atoms with Crippen molar-refractivity contribution in [3.63, 3.8) is 0 Å². The summed E-state index contributed by atoms with van der Waals surface area (Å²) in [7, 11) is -0.529. The van der Waals surface area contributed by atoms with Crippen molar-refractivity contribution >= 4 is 27.6 Å². The molecule has 1 fully saturated rings. The third kappa shape index (κ3) is 4.33. The molecule has 1 saturated heterocycles. The summed E-state index contributed by atoms with van der Waals surface area (Å²) in [5, 5.41) is 20.0. The number of benzene rings is 1. The van der Waals surface area contributed by atoms with Crippen LogP contribution in [0.3, 0.4) is 0 Å². The van der Waals surface area contributed by atoms with Crippen LogP contribution in [0.15, 0.2) is 22.9 Å². The van der Waals surface area contributed by atoms with Crippen molar-refractivity contribution in [2.75, 3.05) is 29.8 Å². The van der Waals surface area contributed by atoms with E-state index in [0.29, 0.717) is 5.69 Å². The summed E-state index contributed by atoms with van der Waals surface area (Å²) in [4.78, 5) is 2.15. The number of nitrogens with one attached hydrogen (secondary N) is 1. The van der Waals surface area contributed by atoms with Gasteiger partial charge in [0.15, 0.2) is 0 Å². The molecule has 1 aromatic heterocycles. The molecule has 5 rings (SSSR count). The molecule has 1 aromatic carbocycles. The Kier molecular flexibility index (Phi) is 5.82. The lowest BCUT2D eigenvalue weighted by Crippen LogP contribution is -2.42. The van der Waals surface area contributed by atoms with E-state index < -0.39 is 16.2 Å². The smallest absolute Gasteiger partial charge is 0.345 e. The van der Waals surface area contributed by atoms with Gasteiger partial charge < -0.3 is 15.3 Å². The number of hydrogen-bond acceptors (Lipinski definition) is 5. The van der Waals surface area contributed by atoms with Crippen LogP contribution in [-0.2, 0) is 42.9 Å². The van der Waals surface area contributed by atoms with Crippen LogP contribution in [0.5, 0.6) is 0 Å². The highest BCUT2D eigenvalue weighted by molar-refractivity contribution is 7.91. The monoisotopic (exact) mass is 471 g/mol. The van der Waals surface area contributed by atoms with Crippen LogP contribution in [-0.4, -0.2) is 55.3 Å². The Hall–Kier alpha value is -2.59. The predicted octanol–water partition coefficient (Wildman–Crippen LogP) is 1.37. The maximum Gasteiger partial charge on any atom is 0.345 e. The number of aryl methyl sites for hydroxylation is 3. The Morgan fingerprint density at radius 2 is 1.88 bits per heavy atom. The fraction of sp³-hybridized carbons (Fsp3) is 0.565. The minimum atomic E-state index is -4.25. The maximum absolute atomic E-state index is 13.3. The number of aromatic nitrogens is 2. The van der Waals surface area contributed by atoms with E-state index in [0.717, 1.165) is 74.7 Å². The van der Waals surface area contributed by atoms with Crippen molar-refractivity contribution in [3.8, 4) is 0 Å². The second kappa shape index (κ2) is 8.64. The molecular weight excluding hydrogens is 440 g/mol. The molecule has 178 valence electrons. The average Bonchev–Trinajstić information content (AvgIpc) is 3.53. The van der Waals surface area contributed by atoms with E-state index in [1.54, 1.807) is 17.9 Å². The van der Waals surface area contributed by atoms with Gasteiger partial charge in [-0.15, -0.1) is 4.40 Å². The zero-order chi connectivity index (χ0) is 23.2. The van der Waals surface area contributed by atoms with Gasteiger partial charge in [0.05, 0.1) is 24.5 Å². The van der Waals surface area contributed by atoms with Crippen LogP contribution in [0.1, 0.15) is 47.9 Å². The van der Waals surface area contributed by atoms with Crippen molar-refractivity contribution in [2.24, 2.45) is 11.4 Å². The first-order valence-corrected chi connectivity index (χ1v) is 13.1. The molecule has 3 aliphatic rings. The fourth-order valence-corrected chi connectivity index (χ4v) is 6.60. The normalized spacial score (nSPS) is 20.8. The molecule has 1 aliphatic heterocycles. The lowest BCUT2D eigenvalue weighted by Gasteiger charge is -2.28. The molecular formula is C23H31N6O3S-. The summed E-state index contributed by atoms with van der Waals surface area (Å²) in [5.41, 5.74) is 6.05. The van der Waals surface area contributed by atoms with Gasteiger partial charge in [0.1, 0.15) is 0 Å². The van der Waals surface area contributed by atoms with E-state index in [1.807, 2.05) is 7.05 Å². The molecule has 10 heteroatoms. The Bertz CT molecular complexity index is 1160. The summed E-state index contributed by atoms with van der Waals surface area (Å²) in [5.74, 6) is 0. The van der Waals surface area contributed by atoms with Crippen LogP contribution in [0, 0.1) is 0 Å². The fourth-order valence-electron chi connectivity index (χ4n) is 5.52. The van der Waals surface area contributed by atoms with E-state index in [9.17, 15) is 13.5 Å². The quantitative estimate of drug-likeness (QED) is 0.504. The van der Waals surface area contributed by atoms with Crippen LogP contribution >= 0.6 is 0 Å². The van der Waals surface area contributed by atoms with Gasteiger partial charge in [-0.3, -0.25) is 4.68 Å². The van der Waals surface area contributed by atoms with E-state index in [1.165, 1.54) is 21.6 Å². The number of fused-ring (bicyclic) bond motifs is 2. The van der Waals surface area contributed by atoms with Gasteiger partial charge in [0, 0.05) is 25.0 Å². The van der Waals surface area contributed by atoms with Gasteiger partial charge in [-0.25, -0.2) is 4.31 Å². The largest absolute Gasteiger partial charge is 0.845 e. The Morgan fingerprint density at radius 3 is 2.45 bits per heavy atom. The third-order valence-corrected chi connectivity index (χ3v) is 8.52. The zero-order valence-corrected chi connectivity index (χ0v) is 20.1. The standard InChI is InChI=1S/C23H32N6O3S/c1-27-11-5-8-18(27)15-29(19-13-24-28(2)14-19)33(31,32)26-23(30)25-22-20-9-3-6-16(20)12-17-7-4-10-21(17)22/h12-14,18H,3-11,15H2,1-2H3,(H2,25,26,30)/p-1. The number of amidine groups is 1. The molecule has 0 radical (unpaired) electrons. The first kappa shape index (κ1) is 22.2. The highest BCUT2D eigenvalue weighted by Crippen LogP contribution is 2.38. The van der Waals surface area contributed by atoms with Gasteiger partial charge in [-0.05, 0) is 87.2 Å². The van der Waals surface area contributed by atoms with Crippen LogP contribution < -0.4 is 14.7 Å². The Morgan fingerprint density at radius 1 is 1.18 bits per heavy atom. The van der Waals surface area contributed by atoms with E-state index in [4.69, 9.17) is 0 Å². The molecule has 0 saturated carbocycles. The second-order valence-electron chi connectivity index (χ2n) is 9.41. The lowest BCUT2D eigenvalue weighted by molar-refractivity contribution is -0.213. The van der Waals surface area contributed by atoms with E-state index in [2.05, 4.69) is 25.8 Å². The SMILES string of the molecule is CN1CCCC1CN(c1cnn(C)c1)S(=O)(=O)/N=C(\[O-])Nc1c2c(cc3c1CCC3)CCC2. The summed E-state index contributed by atoms with van der Waals surface area (Å²) in [6.07, 6.45) is 11.0. The van der Waals surface area contributed by atoms with E-state index in [-0.39, 0.29) is 12.6 Å². The van der Waals surface area contributed by atoms with Crippen LogP contribution in [0.25, 0.3) is 0 Å². The van der Waals surface area contributed by atoms with Crippen molar-refractivity contribution in [3.05, 3.63) is 40.7 Å². The molecule has 0 amide bonds. The molecule has 2 aromatic rings. The first-order chi connectivity index (χ1) is 15.8. The number of anilines is 2. The molecule has 2 heterocycles. The zero-order valence-electron chi connectivity index (χ0n) is 19.2.